The number of hydrogen-bond acceptors (Lipinski definition) is 2. The summed E-state index contributed by atoms with van der Waals surface area (Å²) in [5.41, 5.74) is 2.31. The molecule has 102 valence electrons. The van der Waals surface area contributed by atoms with Crippen molar-refractivity contribution in [1.29, 1.82) is 0 Å². The van der Waals surface area contributed by atoms with Gasteiger partial charge in [0.2, 0.25) is 0 Å². The molecule has 0 saturated heterocycles. The van der Waals surface area contributed by atoms with E-state index in [9.17, 15) is 0 Å². The fourth-order valence-electron chi connectivity index (χ4n) is 2.14. The molecule has 0 bridgehead atoms. The lowest BCUT2D eigenvalue weighted by atomic mass is 10.0. The Balaban J connectivity index is 2.08. The Hall–Kier alpha value is -1.77. The summed E-state index contributed by atoms with van der Waals surface area (Å²) in [7, 11) is 0. The van der Waals surface area contributed by atoms with Gasteiger partial charge in [-0.25, -0.2) is 4.98 Å². The van der Waals surface area contributed by atoms with E-state index in [0.29, 0.717) is 6.04 Å². The molecule has 19 heavy (non-hydrogen) atoms. The molecule has 1 unspecified atom stereocenters. The summed E-state index contributed by atoms with van der Waals surface area (Å²) >= 11 is 0. The van der Waals surface area contributed by atoms with Crippen LogP contribution in [0.15, 0.2) is 43.0 Å². The van der Waals surface area contributed by atoms with Gasteiger partial charge in [-0.3, -0.25) is 0 Å². The Kier molecular flexibility index (Phi) is 4.61. The molecular formula is C16H23N3. The highest BCUT2D eigenvalue weighted by Crippen LogP contribution is 2.21. The van der Waals surface area contributed by atoms with Crippen LogP contribution in [0.25, 0.3) is 5.69 Å². The maximum absolute atomic E-state index is 4.11. The topological polar surface area (TPSA) is 29.9 Å². The van der Waals surface area contributed by atoms with E-state index < -0.39 is 0 Å². The lowest BCUT2D eigenvalue weighted by molar-refractivity contribution is 0.527. The Labute approximate surface area is 115 Å². The highest BCUT2D eigenvalue weighted by Gasteiger charge is 2.07. The van der Waals surface area contributed by atoms with Crippen molar-refractivity contribution in [3.63, 3.8) is 0 Å². The molecule has 2 aromatic rings. The lowest BCUT2D eigenvalue weighted by Gasteiger charge is -2.19. The van der Waals surface area contributed by atoms with Crippen molar-refractivity contribution in [2.75, 3.05) is 5.32 Å². The highest BCUT2D eigenvalue weighted by molar-refractivity contribution is 5.61. The summed E-state index contributed by atoms with van der Waals surface area (Å²) in [6.07, 6.45) is 8.05. The van der Waals surface area contributed by atoms with E-state index in [-0.39, 0.29) is 0 Å². The minimum atomic E-state index is 0.479. The van der Waals surface area contributed by atoms with Gasteiger partial charge >= 0.3 is 0 Å². The van der Waals surface area contributed by atoms with Gasteiger partial charge in [0.1, 0.15) is 0 Å². The van der Waals surface area contributed by atoms with Gasteiger partial charge in [0.05, 0.1) is 17.7 Å². The molecule has 0 fully saturated rings. The van der Waals surface area contributed by atoms with Crippen LogP contribution in [0.3, 0.4) is 0 Å². The van der Waals surface area contributed by atoms with Crippen molar-refractivity contribution < 1.29 is 0 Å². The minimum Gasteiger partial charge on any atom is -0.381 e. The van der Waals surface area contributed by atoms with E-state index in [1.54, 1.807) is 6.20 Å². The fourth-order valence-corrected chi connectivity index (χ4v) is 2.14. The summed E-state index contributed by atoms with van der Waals surface area (Å²) in [5, 5.41) is 3.61. The van der Waals surface area contributed by atoms with Gasteiger partial charge in [-0.15, -0.1) is 0 Å². The highest BCUT2D eigenvalue weighted by atomic mass is 15.1. The molecule has 2 rings (SSSR count). The molecule has 1 aromatic carbocycles. The zero-order chi connectivity index (χ0) is 13.7. The Morgan fingerprint density at radius 3 is 2.63 bits per heavy atom. The van der Waals surface area contributed by atoms with Crippen LogP contribution in [-0.4, -0.2) is 15.6 Å². The van der Waals surface area contributed by atoms with Gasteiger partial charge in [-0.1, -0.05) is 26.0 Å². The monoisotopic (exact) mass is 257 g/mol. The Morgan fingerprint density at radius 1 is 1.16 bits per heavy atom. The van der Waals surface area contributed by atoms with Crippen molar-refractivity contribution >= 4 is 5.69 Å². The smallest absolute Gasteiger partial charge is 0.0992 e. The SMILES string of the molecule is CC(C)CCC(C)Nc1ccccc1-n1ccnc1. The van der Waals surface area contributed by atoms with Crippen LogP contribution in [0.5, 0.6) is 0 Å². The van der Waals surface area contributed by atoms with Crippen molar-refractivity contribution in [2.24, 2.45) is 5.92 Å². The maximum Gasteiger partial charge on any atom is 0.0992 e. The van der Waals surface area contributed by atoms with Gasteiger partial charge in [0.25, 0.3) is 0 Å². The van der Waals surface area contributed by atoms with E-state index in [1.807, 2.05) is 17.1 Å². The number of imidazole rings is 1. The summed E-state index contributed by atoms with van der Waals surface area (Å²) in [6.45, 7) is 6.78. The zero-order valence-corrected chi connectivity index (χ0v) is 12.0. The standard InChI is InChI=1S/C16H23N3/c1-13(2)8-9-14(3)18-15-6-4-5-7-16(15)19-11-10-17-12-19/h4-7,10-14,18H,8-9H2,1-3H3. The number of aromatic nitrogens is 2. The number of hydrogen-bond donors (Lipinski definition) is 1. The number of rotatable bonds is 6. The molecule has 1 N–H and O–H groups in total. The quantitative estimate of drug-likeness (QED) is 0.844. The summed E-state index contributed by atoms with van der Waals surface area (Å²) in [5.74, 6) is 0.758. The van der Waals surface area contributed by atoms with E-state index in [2.05, 4.69) is 55.3 Å². The van der Waals surface area contributed by atoms with Crippen LogP contribution in [0.2, 0.25) is 0 Å². The van der Waals surface area contributed by atoms with Gasteiger partial charge in [0.15, 0.2) is 0 Å². The van der Waals surface area contributed by atoms with E-state index >= 15 is 0 Å². The number of nitrogens with zero attached hydrogens (tertiary/aromatic N) is 2. The van der Waals surface area contributed by atoms with Gasteiger partial charge in [0, 0.05) is 18.4 Å². The first-order valence-corrected chi connectivity index (χ1v) is 7.00. The number of anilines is 1. The van der Waals surface area contributed by atoms with Crippen molar-refractivity contribution in [2.45, 2.75) is 39.7 Å². The van der Waals surface area contributed by atoms with Gasteiger partial charge < -0.3 is 9.88 Å². The molecule has 0 amide bonds. The third kappa shape index (κ3) is 3.85. The minimum absolute atomic E-state index is 0.479. The Bertz CT molecular complexity index is 488. The van der Waals surface area contributed by atoms with E-state index in [4.69, 9.17) is 0 Å². The number of nitrogens with one attached hydrogen (secondary N) is 1. The first-order chi connectivity index (χ1) is 9.16. The third-order valence-electron chi connectivity index (χ3n) is 3.27. The number of benzene rings is 1. The van der Waals surface area contributed by atoms with E-state index in [1.165, 1.54) is 12.8 Å². The van der Waals surface area contributed by atoms with Crippen LogP contribution in [0, 0.1) is 5.92 Å². The summed E-state index contributed by atoms with van der Waals surface area (Å²) in [6, 6.07) is 8.84. The average molecular weight is 257 g/mol. The molecule has 0 spiro atoms. The molecule has 0 aliphatic rings. The van der Waals surface area contributed by atoms with Crippen LogP contribution < -0.4 is 5.32 Å². The molecular weight excluding hydrogens is 234 g/mol. The number of para-hydroxylation sites is 2. The van der Waals surface area contributed by atoms with Crippen LogP contribution in [0.1, 0.15) is 33.6 Å². The molecule has 0 aliphatic carbocycles. The summed E-state index contributed by atoms with van der Waals surface area (Å²) in [4.78, 5) is 4.11. The normalized spacial score (nSPS) is 12.6. The van der Waals surface area contributed by atoms with Crippen molar-refractivity contribution in [3.8, 4) is 5.69 Å². The Morgan fingerprint density at radius 2 is 1.95 bits per heavy atom. The zero-order valence-electron chi connectivity index (χ0n) is 12.0. The molecule has 0 radical (unpaired) electrons. The van der Waals surface area contributed by atoms with Crippen LogP contribution in [0.4, 0.5) is 5.69 Å². The first-order valence-electron chi connectivity index (χ1n) is 7.00. The molecule has 1 atom stereocenters. The van der Waals surface area contributed by atoms with Gasteiger partial charge in [-0.05, 0) is 37.8 Å². The molecule has 3 nitrogen and oxygen atoms in total. The predicted molar refractivity (Wildman–Crippen MR) is 80.7 cm³/mol. The first kappa shape index (κ1) is 13.7. The fraction of sp³-hybridized carbons (Fsp3) is 0.438. The molecule has 3 heteroatoms. The third-order valence-corrected chi connectivity index (χ3v) is 3.27. The van der Waals surface area contributed by atoms with Crippen LogP contribution in [-0.2, 0) is 0 Å². The molecule has 1 heterocycles. The van der Waals surface area contributed by atoms with Crippen molar-refractivity contribution in [1.82, 2.24) is 9.55 Å². The molecule has 1 aromatic heterocycles. The average Bonchev–Trinajstić information content (AvgIpc) is 2.91. The van der Waals surface area contributed by atoms with Gasteiger partial charge in [-0.2, -0.15) is 0 Å². The largest absolute Gasteiger partial charge is 0.381 e. The lowest BCUT2D eigenvalue weighted by Crippen LogP contribution is -2.17. The second kappa shape index (κ2) is 6.41. The predicted octanol–water partition coefficient (Wildman–Crippen LogP) is 4.11. The van der Waals surface area contributed by atoms with E-state index in [0.717, 1.165) is 17.3 Å². The molecule has 0 aliphatic heterocycles. The van der Waals surface area contributed by atoms with Crippen molar-refractivity contribution in [3.05, 3.63) is 43.0 Å². The van der Waals surface area contributed by atoms with Crippen LogP contribution >= 0.6 is 0 Å². The molecule has 0 saturated carbocycles. The summed E-state index contributed by atoms with van der Waals surface area (Å²) < 4.78 is 2.04. The second-order valence-corrected chi connectivity index (χ2v) is 5.50. The maximum atomic E-state index is 4.11. The second-order valence-electron chi connectivity index (χ2n) is 5.50.